The number of carbonyl (C=O) groups excluding carboxylic acids is 1. The van der Waals surface area contributed by atoms with Crippen LogP contribution in [0.25, 0.3) is 0 Å². The molecule has 7 heteroatoms. The summed E-state index contributed by atoms with van der Waals surface area (Å²) in [6.45, 7) is 7.21. The Labute approximate surface area is 186 Å². The molecule has 0 aromatic heterocycles. The van der Waals surface area contributed by atoms with E-state index >= 15 is 0 Å². The Morgan fingerprint density at radius 3 is 2.29 bits per heavy atom. The minimum atomic E-state index is -3.59. The molecule has 0 aliphatic carbocycles. The van der Waals surface area contributed by atoms with Crippen LogP contribution in [0, 0.1) is 13.8 Å². The largest absolute Gasteiger partial charge is 0.350 e. The number of hydrogen-bond acceptors (Lipinski definition) is 4. The maximum atomic E-state index is 12.5. The van der Waals surface area contributed by atoms with Gasteiger partial charge in [-0.1, -0.05) is 42.8 Å². The molecule has 3 rings (SSSR count). The first-order valence-electron chi connectivity index (χ1n) is 10.8. The third-order valence-corrected chi connectivity index (χ3v) is 7.03. The number of nitrogens with zero attached hydrogens (tertiary/aromatic N) is 2. The zero-order valence-electron chi connectivity index (χ0n) is 18.7. The summed E-state index contributed by atoms with van der Waals surface area (Å²) in [6, 6.07) is 13.7. The van der Waals surface area contributed by atoms with Crippen molar-refractivity contribution >= 4 is 21.6 Å². The number of sulfonamides is 1. The Balaban J connectivity index is 1.58. The zero-order chi connectivity index (χ0) is 22.4. The highest BCUT2D eigenvalue weighted by Crippen LogP contribution is 2.24. The standard InChI is InChI=1S/C24H33N3O3S/c1-19-8-7-9-23(20(19)2)27(31(3,29)30)18-24(28)25-16-21-10-12-22(13-11-21)17-26-14-5-4-6-15-26/h7-13H,4-6,14-18H2,1-3H3,(H,25,28). The molecule has 0 saturated carbocycles. The first kappa shape index (κ1) is 23.3. The average molecular weight is 444 g/mol. The number of carbonyl (C=O) groups is 1. The molecule has 0 atom stereocenters. The van der Waals surface area contributed by atoms with E-state index in [1.54, 1.807) is 12.1 Å². The summed E-state index contributed by atoms with van der Waals surface area (Å²) in [7, 11) is -3.59. The van der Waals surface area contributed by atoms with Crippen LogP contribution < -0.4 is 9.62 Å². The lowest BCUT2D eigenvalue weighted by Gasteiger charge is -2.26. The summed E-state index contributed by atoms with van der Waals surface area (Å²) < 4.78 is 25.9. The van der Waals surface area contributed by atoms with Crippen LogP contribution in [0.1, 0.15) is 41.5 Å². The second-order valence-corrected chi connectivity index (χ2v) is 10.3. The summed E-state index contributed by atoms with van der Waals surface area (Å²) in [6.07, 6.45) is 5.01. The summed E-state index contributed by atoms with van der Waals surface area (Å²) >= 11 is 0. The van der Waals surface area contributed by atoms with E-state index in [0.717, 1.165) is 42.6 Å². The van der Waals surface area contributed by atoms with E-state index in [-0.39, 0.29) is 12.5 Å². The van der Waals surface area contributed by atoms with Gasteiger partial charge in [0.25, 0.3) is 0 Å². The molecule has 2 aromatic carbocycles. The first-order valence-corrected chi connectivity index (χ1v) is 12.7. The van der Waals surface area contributed by atoms with Gasteiger partial charge in [0, 0.05) is 13.1 Å². The highest BCUT2D eigenvalue weighted by molar-refractivity contribution is 7.92. The molecule has 1 heterocycles. The molecule has 0 unspecified atom stereocenters. The minimum Gasteiger partial charge on any atom is -0.350 e. The Kier molecular flexibility index (Phi) is 7.73. The van der Waals surface area contributed by atoms with Crippen molar-refractivity contribution in [3.63, 3.8) is 0 Å². The molecular weight excluding hydrogens is 410 g/mol. The van der Waals surface area contributed by atoms with E-state index in [0.29, 0.717) is 12.2 Å². The molecule has 168 valence electrons. The molecule has 1 aliphatic rings. The van der Waals surface area contributed by atoms with Crippen LogP contribution in [0.3, 0.4) is 0 Å². The third-order valence-electron chi connectivity index (χ3n) is 5.90. The van der Waals surface area contributed by atoms with E-state index in [1.165, 1.54) is 29.1 Å². The highest BCUT2D eigenvalue weighted by atomic mass is 32.2. The number of amides is 1. The monoisotopic (exact) mass is 443 g/mol. The third kappa shape index (κ3) is 6.55. The summed E-state index contributed by atoms with van der Waals surface area (Å²) in [4.78, 5) is 15.0. The van der Waals surface area contributed by atoms with Gasteiger partial charge in [0.05, 0.1) is 11.9 Å². The normalized spacial score (nSPS) is 14.9. The molecule has 31 heavy (non-hydrogen) atoms. The minimum absolute atomic E-state index is 0.240. The lowest BCUT2D eigenvalue weighted by molar-refractivity contribution is -0.119. The van der Waals surface area contributed by atoms with Gasteiger partial charge in [-0.2, -0.15) is 0 Å². The van der Waals surface area contributed by atoms with Gasteiger partial charge >= 0.3 is 0 Å². The number of aryl methyl sites for hydroxylation is 1. The smallest absolute Gasteiger partial charge is 0.241 e. The molecule has 0 bridgehead atoms. The lowest BCUT2D eigenvalue weighted by Crippen LogP contribution is -2.40. The van der Waals surface area contributed by atoms with Gasteiger partial charge < -0.3 is 5.32 Å². The first-order chi connectivity index (χ1) is 14.7. The number of rotatable bonds is 8. The zero-order valence-corrected chi connectivity index (χ0v) is 19.5. The van der Waals surface area contributed by atoms with Crippen LogP contribution in [0.4, 0.5) is 5.69 Å². The van der Waals surface area contributed by atoms with Crippen LogP contribution in [0.15, 0.2) is 42.5 Å². The number of likely N-dealkylation sites (tertiary alicyclic amines) is 1. The quantitative estimate of drug-likeness (QED) is 0.679. The lowest BCUT2D eigenvalue weighted by atomic mass is 10.1. The fourth-order valence-corrected chi connectivity index (χ4v) is 4.82. The van der Waals surface area contributed by atoms with Crippen molar-refractivity contribution in [3.05, 3.63) is 64.7 Å². The molecule has 1 N–H and O–H groups in total. The Morgan fingerprint density at radius 2 is 1.65 bits per heavy atom. The molecule has 1 fully saturated rings. The van der Waals surface area contributed by atoms with E-state index in [4.69, 9.17) is 0 Å². The van der Waals surface area contributed by atoms with Gasteiger partial charge in [-0.15, -0.1) is 0 Å². The second-order valence-electron chi connectivity index (χ2n) is 8.42. The average Bonchev–Trinajstić information content (AvgIpc) is 2.74. The van der Waals surface area contributed by atoms with Crippen molar-refractivity contribution in [2.45, 2.75) is 46.2 Å². The van der Waals surface area contributed by atoms with Crippen LogP contribution in [-0.4, -0.2) is 45.1 Å². The highest BCUT2D eigenvalue weighted by Gasteiger charge is 2.22. The van der Waals surface area contributed by atoms with E-state index in [9.17, 15) is 13.2 Å². The molecule has 1 aliphatic heterocycles. The molecule has 1 saturated heterocycles. The molecule has 0 spiro atoms. The second kappa shape index (κ2) is 10.3. The summed E-state index contributed by atoms with van der Waals surface area (Å²) in [5, 5.41) is 2.85. The summed E-state index contributed by atoms with van der Waals surface area (Å²) in [5.74, 6) is -0.330. The van der Waals surface area contributed by atoms with Gasteiger partial charge in [0.2, 0.25) is 15.9 Å². The fourth-order valence-electron chi connectivity index (χ4n) is 3.91. The van der Waals surface area contributed by atoms with Crippen LogP contribution in [0.2, 0.25) is 0 Å². The molecule has 2 aromatic rings. The Bertz CT molecular complexity index is 997. The van der Waals surface area contributed by atoms with Crippen molar-refractivity contribution in [1.82, 2.24) is 10.2 Å². The topological polar surface area (TPSA) is 69.7 Å². The van der Waals surface area contributed by atoms with Gasteiger partial charge in [0.15, 0.2) is 0 Å². The summed E-state index contributed by atoms with van der Waals surface area (Å²) in [5.41, 5.74) is 4.64. The van der Waals surface area contributed by atoms with Crippen molar-refractivity contribution in [2.75, 3.05) is 30.2 Å². The number of benzene rings is 2. The van der Waals surface area contributed by atoms with Crippen molar-refractivity contribution in [3.8, 4) is 0 Å². The van der Waals surface area contributed by atoms with Crippen molar-refractivity contribution in [1.29, 1.82) is 0 Å². The molecule has 0 radical (unpaired) electrons. The van der Waals surface area contributed by atoms with Crippen LogP contribution in [0.5, 0.6) is 0 Å². The fraction of sp³-hybridized carbons (Fsp3) is 0.458. The van der Waals surface area contributed by atoms with Crippen LogP contribution >= 0.6 is 0 Å². The van der Waals surface area contributed by atoms with E-state index < -0.39 is 10.0 Å². The van der Waals surface area contributed by atoms with E-state index in [1.807, 2.05) is 32.0 Å². The molecule has 1 amide bonds. The van der Waals surface area contributed by atoms with Crippen molar-refractivity contribution in [2.24, 2.45) is 0 Å². The predicted molar refractivity (Wildman–Crippen MR) is 126 cm³/mol. The van der Waals surface area contributed by atoms with Gasteiger partial charge in [0.1, 0.15) is 6.54 Å². The number of nitrogens with one attached hydrogen (secondary N) is 1. The molecule has 6 nitrogen and oxygen atoms in total. The Hall–Kier alpha value is -2.38. The maximum Gasteiger partial charge on any atom is 0.241 e. The van der Waals surface area contributed by atoms with Gasteiger partial charge in [-0.05, 0) is 68.1 Å². The van der Waals surface area contributed by atoms with Crippen molar-refractivity contribution < 1.29 is 13.2 Å². The maximum absolute atomic E-state index is 12.5. The number of anilines is 1. The van der Waals surface area contributed by atoms with Gasteiger partial charge in [-0.3, -0.25) is 14.0 Å². The Morgan fingerprint density at radius 1 is 1.00 bits per heavy atom. The predicted octanol–water partition coefficient (Wildman–Crippen LogP) is 3.37. The SMILES string of the molecule is Cc1cccc(N(CC(=O)NCc2ccc(CN3CCCCC3)cc2)S(C)(=O)=O)c1C. The molecular formula is C24H33N3O3S. The van der Waals surface area contributed by atoms with Crippen LogP contribution in [-0.2, 0) is 27.9 Å². The van der Waals surface area contributed by atoms with E-state index in [2.05, 4.69) is 22.3 Å². The van der Waals surface area contributed by atoms with Gasteiger partial charge in [-0.25, -0.2) is 8.42 Å². The number of piperidine rings is 1. The number of hydrogen-bond donors (Lipinski definition) is 1.